The summed E-state index contributed by atoms with van der Waals surface area (Å²) in [5.41, 5.74) is -1.20. The van der Waals surface area contributed by atoms with Crippen molar-refractivity contribution in [3.8, 4) is 28.6 Å². The molecule has 334 valence electrons. The molecule has 7 atom stereocenters. The van der Waals surface area contributed by atoms with Crippen LogP contribution in [-0.2, 0) is 29.1 Å². The van der Waals surface area contributed by atoms with E-state index in [9.17, 15) is 22.8 Å². The zero-order valence-corrected chi connectivity index (χ0v) is 37.7. The molecule has 7 unspecified atom stereocenters. The van der Waals surface area contributed by atoms with Crippen LogP contribution in [-0.4, -0.2) is 97.5 Å². The number of amides is 4. The zero-order chi connectivity index (χ0) is 44.7. The number of pyridine rings is 1. The number of hydrogen-bond acceptors (Lipinski definition) is 11. The quantitative estimate of drug-likeness (QED) is 0.204. The first-order valence-electron chi connectivity index (χ1n) is 21.1. The van der Waals surface area contributed by atoms with Crippen LogP contribution in [0.5, 0.6) is 17.4 Å². The Morgan fingerprint density at radius 2 is 1.76 bits per heavy atom. The van der Waals surface area contributed by atoms with Gasteiger partial charge < -0.3 is 34.5 Å². The van der Waals surface area contributed by atoms with Crippen LogP contribution in [0.25, 0.3) is 22.0 Å². The molecule has 2 aromatic carbocycles. The maximum absolute atomic E-state index is 15.0. The van der Waals surface area contributed by atoms with E-state index in [1.807, 2.05) is 43.3 Å². The van der Waals surface area contributed by atoms with Crippen molar-refractivity contribution in [3.63, 3.8) is 0 Å². The molecule has 4 amide bonds. The van der Waals surface area contributed by atoms with Crippen LogP contribution < -0.4 is 29.6 Å². The maximum Gasteiger partial charge on any atom is 0.408 e. The number of methoxy groups -OCH3 is 2. The van der Waals surface area contributed by atoms with E-state index >= 15 is 4.79 Å². The first-order chi connectivity index (χ1) is 29.3. The molecule has 4 aliphatic rings. The summed E-state index contributed by atoms with van der Waals surface area (Å²) in [6.07, 6.45) is 5.29. The molecule has 3 aromatic rings. The Morgan fingerprint density at radius 3 is 2.44 bits per heavy atom. The van der Waals surface area contributed by atoms with Gasteiger partial charge in [0, 0.05) is 23.3 Å². The van der Waals surface area contributed by atoms with Crippen LogP contribution in [0.1, 0.15) is 79.6 Å². The highest BCUT2D eigenvalue weighted by Crippen LogP contribution is 2.46. The number of carbonyl (C=O) groups is 4. The molecule has 3 fully saturated rings. The molecule has 1 aromatic heterocycles. The molecule has 0 bridgehead atoms. The van der Waals surface area contributed by atoms with Gasteiger partial charge in [0.15, 0.2) is 0 Å². The van der Waals surface area contributed by atoms with Gasteiger partial charge in [-0.15, -0.1) is 0 Å². The summed E-state index contributed by atoms with van der Waals surface area (Å²) in [6.45, 7) is 9.06. The number of aromatic nitrogens is 1. The highest BCUT2D eigenvalue weighted by molar-refractivity contribution is 7.91. The number of halogens is 1. The lowest BCUT2D eigenvalue weighted by atomic mass is 9.88. The van der Waals surface area contributed by atoms with Crippen molar-refractivity contribution >= 4 is 56.2 Å². The van der Waals surface area contributed by atoms with Crippen LogP contribution in [0.15, 0.2) is 54.6 Å². The molecule has 1 saturated heterocycles. The summed E-state index contributed by atoms with van der Waals surface area (Å²) >= 11 is 6.53. The summed E-state index contributed by atoms with van der Waals surface area (Å²) in [4.78, 5) is 63.3. The van der Waals surface area contributed by atoms with E-state index in [0.29, 0.717) is 58.8 Å². The third-order valence-electron chi connectivity index (χ3n) is 12.0. The van der Waals surface area contributed by atoms with Crippen molar-refractivity contribution in [2.45, 2.75) is 114 Å². The van der Waals surface area contributed by atoms with E-state index in [1.54, 1.807) is 46.1 Å². The third-order valence-corrected chi connectivity index (χ3v) is 14.1. The van der Waals surface area contributed by atoms with E-state index < -0.39 is 74.3 Å². The van der Waals surface area contributed by atoms with Gasteiger partial charge >= 0.3 is 6.09 Å². The van der Waals surface area contributed by atoms with Crippen LogP contribution in [0.4, 0.5) is 4.79 Å². The Kier molecular flexibility index (Phi) is 12.7. The lowest BCUT2D eigenvalue weighted by Crippen LogP contribution is -2.59. The van der Waals surface area contributed by atoms with Gasteiger partial charge in [0.2, 0.25) is 27.7 Å². The van der Waals surface area contributed by atoms with Crippen molar-refractivity contribution in [1.29, 1.82) is 0 Å². The summed E-state index contributed by atoms with van der Waals surface area (Å²) in [6, 6.07) is 10.3. The molecule has 2 aliphatic carbocycles. The highest BCUT2D eigenvalue weighted by atomic mass is 35.5. The van der Waals surface area contributed by atoms with Gasteiger partial charge in [-0.25, -0.2) is 18.2 Å². The van der Waals surface area contributed by atoms with Crippen molar-refractivity contribution in [2.24, 2.45) is 17.8 Å². The largest absolute Gasteiger partial charge is 0.497 e. The normalized spacial score (nSPS) is 26.9. The average Bonchev–Trinajstić information content (AvgIpc) is 4.14. The molecule has 3 N–H and O–H groups in total. The van der Waals surface area contributed by atoms with Crippen LogP contribution in [0.2, 0.25) is 5.02 Å². The van der Waals surface area contributed by atoms with E-state index in [0.717, 1.165) is 11.8 Å². The number of nitrogens with zero attached hydrogens (tertiary/aromatic N) is 2. The fourth-order valence-electron chi connectivity index (χ4n) is 8.48. The smallest absolute Gasteiger partial charge is 0.408 e. The van der Waals surface area contributed by atoms with Crippen LogP contribution in [0, 0.1) is 17.8 Å². The Hall–Kier alpha value is -5.09. The number of fused-ring (bicyclic) bond motifs is 3. The Balaban J connectivity index is 1.27. The Bertz CT molecular complexity index is 2380. The van der Waals surface area contributed by atoms with E-state index in [4.69, 9.17) is 35.5 Å². The molecule has 0 spiro atoms. The lowest BCUT2D eigenvalue weighted by Gasteiger charge is -2.33. The molecule has 62 heavy (non-hydrogen) atoms. The first kappa shape index (κ1) is 44.9. The van der Waals surface area contributed by atoms with Gasteiger partial charge in [0.1, 0.15) is 40.8 Å². The monoisotopic (exact) mass is 893 g/mol. The van der Waals surface area contributed by atoms with Gasteiger partial charge in [0.05, 0.1) is 36.7 Å². The zero-order valence-electron chi connectivity index (χ0n) is 36.2. The number of alkyl carbamates (subject to hydrolysis) is 1. The summed E-state index contributed by atoms with van der Waals surface area (Å²) in [5.74, 6) is -1.40. The van der Waals surface area contributed by atoms with Crippen LogP contribution >= 0.6 is 11.6 Å². The number of nitrogens with one attached hydrogen (secondary N) is 3. The number of rotatable bonds is 9. The number of benzene rings is 2. The topological polar surface area (TPSA) is 192 Å². The molecule has 2 aliphatic heterocycles. The predicted molar refractivity (Wildman–Crippen MR) is 233 cm³/mol. The molecular weight excluding hydrogens is 838 g/mol. The summed E-state index contributed by atoms with van der Waals surface area (Å²) in [5, 5.41) is 6.84. The lowest BCUT2D eigenvalue weighted by molar-refractivity contribution is -0.142. The fraction of sp³-hybridized carbons (Fsp3) is 0.533. The molecule has 15 nitrogen and oxygen atoms in total. The third kappa shape index (κ3) is 9.91. The second-order valence-corrected chi connectivity index (χ2v) is 20.5. The standard InChI is InChI=1S/C45H56ClN5O10S/c1-25-10-8-9-11-29-23-45(29,42(54)50-62(56,57)32-14-15-32)49-39(52)36-22-31(24-51(36)41(53)38(26(2)18-25)48-43(55)61-44(3,4)5)60-40-33-16-13-30(58-6)19-28(33)21-35(47-40)27-12-17-37(59-7)34(46)20-27/h9,11-13,16-17,19-21,25-26,29,31-32,36,38H,8,10,14-15,18,22-24H2,1-7H3,(H,48,55)(H,49,52)(H,50,54). The van der Waals surface area contributed by atoms with E-state index in [-0.39, 0.29) is 37.1 Å². The molecular formula is C45H56ClN5O10S. The number of ether oxygens (including phenoxy) is 4. The Morgan fingerprint density at radius 1 is 1.00 bits per heavy atom. The predicted octanol–water partition coefficient (Wildman–Crippen LogP) is 6.31. The van der Waals surface area contributed by atoms with Crippen LogP contribution in [0.3, 0.4) is 0 Å². The highest BCUT2D eigenvalue weighted by Gasteiger charge is 2.62. The second-order valence-electron chi connectivity index (χ2n) is 18.1. The number of carbonyl (C=O) groups excluding carboxylic acids is 4. The van der Waals surface area contributed by atoms with Crippen molar-refractivity contribution in [2.75, 3.05) is 20.8 Å². The molecule has 3 heterocycles. The minimum Gasteiger partial charge on any atom is -0.497 e. The van der Waals surface area contributed by atoms with Gasteiger partial charge in [-0.05, 0) is 119 Å². The molecule has 2 saturated carbocycles. The minimum absolute atomic E-state index is 0.0159. The first-order valence-corrected chi connectivity index (χ1v) is 23.1. The van der Waals surface area contributed by atoms with Crippen molar-refractivity contribution in [1.82, 2.24) is 25.2 Å². The van der Waals surface area contributed by atoms with Gasteiger partial charge in [-0.2, -0.15) is 0 Å². The van der Waals surface area contributed by atoms with E-state index in [1.165, 1.54) is 12.0 Å². The van der Waals surface area contributed by atoms with Gasteiger partial charge in [-0.1, -0.05) is 37.6 Å². The van der Waals surface area contributed by atoms with Crippen molar-refractivity contribution < 1.29 is 46.5 Å². The molecule has 17 heteroatoms. The van der Waals surface area contributed by atoms with Gasteiger partial charge in [-0.3, -0.25) is 19.1 Å². The number of allylic oxidation sites excluding steroid dienone is 1. The second kappa shape index (κ2) is 17.6. The van der Waals surface area contributed by atoms with E-state index in [2.05, 4.69) is 22.3 Å². The number of sulfonamides is 1. The molecule has 0 radical (unpaired) electrons. The van der Waals surface area contributed by atoms with Gasteiger partial charge in [0.25, 0.3) is 5.91 Å². The Labute approximate surface area is 367 Å². The summed E-state index contributed by atoms with van der Waals surface area (Å²) in [7, 11) is -0.843. The van der Waals surface area contributed by atoms with Crippen molar-refractivity contribution in [3.05, 3.63) is 59.6 Å². The minimum atomic E-state index is -3.94. The average molecular weight is 894 g/mol. The summed E-state index contributed by atoms with van der Waals surface area (Å²) < 4.78 is 51.4. The number of hydrogen-bond donors (Lipinski definition) is 3. The molecule has 7 rings (SSSR count). The fourth-order valence-corrected chi connectivity index (χ4v) is 10.1. The SMILES string of the molecule is COc1ccc2c(OC3CC4C(=O)NC5(C(=O)NS(=O)(=O)C6CC6)CC5C=CCCC(C)CC(C)C(NC(=O)OC(C)(C)C)C(=O)N4C3)nc(-c3ccc(OC)c(Cl)c3)cc2c1. The maximum atomic E-state index is 15.0.